The van der Waals surface area contributed by atoms with Gasteiger partial charge in [-0.1, -0.05) is 24.3 Å². The number of hydrogen-bond donors (Lipinski definition) is 1. The minimum atomic E-state index is 0.653. The Balaban J connectivity index is 1.98. The monoisotopic (exact) mass is 233 g/mol. The maximum Gasteiger partial charge on any atom is 0.194 e. The quantitative estimate of drug-likeness (QED) is 0.849. The summed E-state index contributed by atoms with van der Waals surface area (Å²) in [5.41, 5.74) is 2.49. The van der Waals surface area contributed by atoms with Gasteiger partial charge in [0, 0.05) is 27.2 Å². The van der Waals surface area contributed by atoms with Gasteiger partial charge in [0.05, 0.1) is 13.2 Å². The first kappa shape index (κ1) is 11.9. The van der Waals surface area contributed by atoms with Crippen molar-refractivity contribution in [2.45, 2.75) is 13.2 Å². The van der Waals surface area contributed by atoms with Crippen LogP contribution < -0.4 is 5.32 Å². The number of methoxy groups -OCH3 is 1. The van der Waals surface area contributed by atoms with Gasteiger partial charge < -0.3 is 15.0 Å². The van der Waals surface area contributed by atoms with Crippen molar-refractivity contribution in [2.75, 3.05) is 27.2 Å². The van der Waals surface area contributed by atoms with E-state index in [0.717, 1.165) is 25.6 Å². The number of rotatable bonds is 4. The van der Waals surface area contributed by atoms with E-state index in [1.54, 1.807) is 7.11 Å². The van der Waals surface area contributed by atoms with Gasteiger partial charge in [0.2, 0.25) is 0 Å². The van der Waals surface area contributed by atoms with Crippen LogP contribution in [-0.2, 0) is 17.9 Å². The minimum absolute atomic E-state index is 0.653. The third kappa shape index (κ3) is 2.97. The molecular formula is C13H19N3O. The predicted molar refractivity (Wildman–Crippen MR) is 68.9 cm³/mol. The first-order valence-corrected chi connectivity index (χ1v) is 5.86. The van der Waals surface area contributed by atoms with Crippen LogP contribution in [-0.4, -0.2) is 38.1 Å². The zero-order chi connectivity index (χ0) is 12.1. The van der Waals surface area contributed by atoms with E-state index in [-0.39, 0.29) is 0 Å². The lowest BCUT2D eigenvalue weighted by Crippen LogP contribution is -2.35. The number of nitrogens with zero attached hydrogens (tertiary/aromatic N) is 2. The summed E-state index contributed by atoms with van der Waals surface area (Å²) < 4.78 is 5.19. The highest BCUT2D eigenvalue weighted by molar-refractivity contribution is 5.81. The van der Waals surface area contributed by atoms with Crippen molar-refractivity contribution >= 4 is 5.96 Å². The van der Waals surface area contributed by atoms with E-state index in [1.807, 2.05) is 6.07 Å². The zero-order valence-electron chi connectivity index (χ0n) is 10.4. The second kappa shape index (κ2) is 5.68. The summed E-state index contributed by atoms with van der Waals surface area (Å²) >= 11 is 0. The molecule has 4 nitrogen and oxygen atoms in total. The lowest BCUT2D eigenvalue weighted by molar-refractivity contribution is 0.184. The molecule has 2 rings (SSSR count). The van der Waals surface area contributed by atoms with Gasteiger partial charge in [-0.3, -0.25) is 4.99 Å². The van der Waals surface area contributed by atoms with Gasteiger partial charge in [0.1, 0.15) is 0 Å². The van der Waals surface area contributed by atoms with Crippen molar-refractivity contribution in [1.29, 1.82) is 0 Å². The lowest BCUT2D eigenvalue weighted by Gasteiger charge is -2.16. The van der Waals surface area contributed by atoms with Gasteiger partial charge in [-0.15, -0.1) is 0 Å². The highest BCUT2D eigenvalue weighted by Crippen LogP contribution is 2.10. The molecular weight excluding hydrogens is 214 g/mol. The van der Waals surface area contributed by atoms with Crippen LogP contribution >= 0.6 is 0 Å². The van der Waals surface area contributed by atoms with Crippen LogP contribution in [0.3, 0.4) is 0 Å². The molecule has 1 aromatic rings. The second-order valence-electron chi connectivity index (χ2n) is 4.18. The van der Waals surface area contributed by atoms with Crippen LogP contribution in [0.15, 0.2) is 29.3 Å². The van der Waals surface area contributed by atoms with Gasteiger partial charge in [-0.2, -0.15) is 0 Å². The molecule has 0 bridgehead atoms. The molecule has 0 amide bonds. The normalized spacial score (nSPS) is 14.9. The molecule has 0 saturated heterocycles. The number of benzene rings is 1. The zero-order valence-corrected chi connectivity index (χ0v) is 10.4. The van der Waals surface area contributed by atoms with Crippen LogP contribution in [0.1, 0.15) is 11.1 Å². The molecule has 0 radical (unpaired) electrons. The van der Waals surface area contributed by atoms with Gasteiger partial charge in [-0.25, -0.2) is 0 Å². The number of nitrogens with one attached hydrogen (secondary N) is 1. The molecule has 1 aliphatic heterocycles. The average Bonchev–Trinajstić information content (AvgIpc) is 2.74. The summed E-state index contributed by atoms with van der Waals surface area (Å²) in [6.07, 6.45) is 0. The molecule has 0 aliphatic carbocycles. The number of ether oxygens (including phenoxy) is 1. The first-order chi connectivity index (χ1) is 8.31. The fourth-order valence-corrected chi connectivity index (χ4v) is 1.92. The third-order valence-corrected chi connectivity index (χ3v) is 2.91. The van der Waals surface area contributed by atoms with E-state index in [9.17, 15) is 0 Å². The van der Waals surface area contributed by atoms with Gasteiger partial charge in [0.25, 0.3) is 0 Å². The second-order valence-corrected chi connectivity index (χ2v) is 4.18. The largest absolute Gasteiger partial charge is 0.380 e. The third-order valence-electron chi connectivity index (χ3n) is 2.91. The van der Waals surface area contributed by atoms with Crippen LogP contribution in [0.4, 0.5) is 0 Å². The van der Waals surface area contributed by atoms with E-state index in [0.29, 0.717) is 6.61 Å². The Hall–Kier alpha value is -1.55. The Bertz CT molecular complexity index is 403. The van der Waals surface area contributed by atoms with Crippen LogP contribution in [0.25, 0.3) is 0 Å². The summed E-state index contributed by atoms with van der Waals surface area (Å²) in [6.45, 7) is 3.34. The Labute approximate surface area is 102 Å². The highest BCUT2D eigenvalue weighted by Gasteiger charge is 2.11. The molecule has 92 valence electrons. The molecule has 17 heavy (non-hydrogen) atoms. The maximum atomic E-state index is 5.19. The van der Waals surface area contributed by atoms with Gasteiger partial charge in [-0.05, 0) is 11.1 Å². The SMILES string of the molecule is COCc1ccccc1CNC1=NCCN1C. The Morgan fingerprint density at radius 3 is 2.76 bits per heavy atom. The number of likely N-dealkylation sites (N-methyl/N-ethyl adjacent to an activating group) is 1. The molecule has 1 heterocycles. The molecule has 1 aliphatic rings. The fraction of sp³-hybridized carbons (Fsp3) is 0.462. The summed E-state index contributed by atoms with van der Waals surface area (Å²) in [4.78, 5) is 6.55. The molecule has 1 aromatic carbocycles. The summed E-state index contributed by atoms with van der Waals surface area (Å²) in [5, 5.41) is 3.37. The Morgan fingerprint density at radius 2 is 2.12 bits per heavy atom. The molecule has 0 aromatic heterocycles. The molecule has 0 spiro atoms. The average molecular weight is 233 g/mol. The molecule has 0 atom stereocenters. The van der Waals surface area contributed by atoms with Crippen molar-refractivity contribution in [3.8, 4) is 0 Å². The van der Waals surface area contributed by atoms with E-state index >= 15 is 0 Å². The summed E-state index contributed by atoms with van der Waals surface area (Å²) in [6, 6.07) is 8.31. The summed E-state index contributed by atoms with van der Waals surface area (Å²) in [5.74, 6) is 0.984. The topological polar surface area (TPSA) is 36.9 Å². The van der Waals surface area contributed by atoms with Crippen molar-refractivity contribution < 1.29 is 4.74 Å². The molecule has 0 unspecified atom stereocenters. The van der Waals surface area contributed by atoms with Crippen LogP contribution in [0.5, 0.6) is 0 Å². The standard InChI is InChI=1S/C13H19N3O/c1-16-8-7-14-13(16)15-9-11-5-3-4-6-12(11)10-17-2/h3-6H,7-10H2,1-2H3,(H,14,15). The van der Waals surface area contributed by atoms with E-state index in [4.69, 9.17) is 4.74 Å². The van der Waals surface area contributed by atoms with Crippen molar-refractivity contribution in [3.63, 3.8) is 0 Å². The Morgan fingerprint density at radius 1 is 1.35 bits per heavy atom. The Kier molecular flexibility index (Phi) is 3.98. The first-order valence-electron chi connectivity index (χ1n) is 5.86. The summed E-state index contributed by atoms with van der Waals surface area (Å²) in [7, 11) is 3.78. The minimum Gasteiger partial charge on any atom is -0.380 e. The van der Waals surface area contributed by atoms with Gasteiger partial charge in [0.15, 0.2) is 5.96 Å². The molecule has 4 heteroatoms. The predicted octanol–water partition coefficient (Wildman–Crippen LogP) is 1.22. The highest BCUT2D eigenvalue weighted by atomic mass is 16.5. The molecule has 1 N–H and O–H groups in total. The fourth-order valence-electron chi connectivity index (χ4n) is 1.92. The maximum absolute atomic E-state index is 5.19. The van der Waals surface area contributed by atoms with E-state index in [1.165, 1.54) is 11.1 Å². The number of hydrogen-bond acceptors (Lipinski definition) is 4. The van der Waals surface area contributed by atoms with E-state index in [2.05, 4.69) is 40.5 Å². The van der Waals surface area contributed by atoms with Crippen LogP contribution in [0.2, 0.25) is 0 Å². The van der Waals surface area contributed by atoms with Crippen LogP contribution in [0, 0.1) is 0 Å². The van der Waals surface area contributed by atoms with Crippen molar-refractivity contribution in [2.24, 2.45) is 4.99 Å². The smallest absolute Gasteiger partial charge is 0.194 e. The molecule has 0 saturated carbocycles. The van der Waals surface area contributed by atoms with E-state index < -0.39 is 0 Å². The number of aliphatic imine (C=N–C) groups is 1. The lowest BCUT2D eigenvalue weighted by atomic mass is 10.1. The van der Waals surface area contributed by atoms with Crippen molar-refractivity contribution in [3.05, 3.63) is 35.4 Å². The number of guanidine groups is 1. The van der Waals surface area contributed by atoms with Gasteiger partial charge >= 0.3 is 0 Å². The molecule has 0 fully saturated rings. The van der Waals surface area contributed by atoms with Crippen molar-refractivity contribution in [1.82, 2.24) is 10.2 Å².